The van der Waals surface area contributed by atoms with Gasteiger partial charge in [-0.3, -0.25) is 0 Å². The highest BCUT2D eigenvalue weighted by Gasteiger charge is 2.35. The fraction of sp³-hybridized carbons (Fsp3) is 0.308. The zero-order chi connectivity index (χ0) is 12.6. The second kappa shape index (κ2) is 3.70. The van der Waals surface area contributed by atoms with Crippen molar-refractivity contribution in [2.45, 2.75) is 19.4 Å². The smallest absolute Gasteiger partial charge is 0.162 e. The summed E-state index contributed by atoms with van der Waals surface area (Å²) in [5, 5.41) is 22.0. The Morgan fingerprint density at radius 3 is 2.71 bits per heavy atom. The molecule has 2 N–H and O–H groups in total. The van der Waals surface area contributed by atoms with E-state index in [1.165, 1.54) is 0 Å². The van der Waals surface area contributed by atoms with Crippen LogP contribution in [0.4, 0.5) is 0 Å². The van der Waals surface area contributed by atoms with E-state index in [4.69, 9.17) is 10.00 Å². The number of hydrogen-bond donors (Lipinski definition) is 2. The monoisotopic (exact) mass is 230 g/mol. The highest BCUT2D eigenvalue weighted by molar-refractivity contribution is 5.74. The number of aliphatic hydroxyl groups is 1. The lowest BCUT2D eigenvalue weighted by atomic mass is 9.96. The van der Waals surface area contributed by atoms with Crippen LogP contribution >= 0.6 is 0 Å². The molecule has 1 heterocycles. The van der Waals surface area contributed by atoms with Gasteiger partial charge >= 0.3 is 0 Å². The summed E-state index contributed by atoms with van der Waals surface area (Å²) in [6.07, 6.45) is 0. The van der Waals surface area contributed by atoms with E-state index in [0.717, 1.165) is 0 Å². The highest BCUT2D eigenvalue weighted by Crippen LogP contribution is 2.38. The van der Waals surface area contributed by atoms with Crippen LogP contribution in [0.1, 0.15) is 25.0 Å². The minimum atomic E-state index is -0.764. The molecule has 0 spiro atoms. The molecule has 88 valence electrons. The Labute approximate surface area is 100 Å². The number of nitriles is 1. The van der Waals surface area contributed by atoms with Crippen molar-refractivity contribution in [3.05, 3.63) is 35.1 Å². The number of rotatable bonds is 1. The average Bonchev–Trinajstić information content (AvgIpc) is 2.30. The molecule has 0 fully saturated rings. The maximum absolute atomic E-state index is 10.1. The topological polar surface area (TPSA) is 65.3 Å². The van der Waals surface area contributed by atoms with Gasteiger partial charge in [-0.05, 0) is 32.0 Å². The lowest BCUT2D eigenvalue weighted by Crippen LogP contribution is -2.36. The van der Waals surface area contributed by atoms with Crippen molar-refractivity contribution in [1.82, 2.24) is 5.32 Å². The van der Waals surface area contributed by atoms with Crippen LogP contribution in [0.2, 0.25) is 0 Å². The molecule has 0 amide bonds. The quantitative estimate of drug-likeness (QED) is 0.776. The van der Waals surface area contributed by atoms with Crippen LogP contribution < -0.4 is 10.1 Å². The summed E-state index contributed by atoms with van der Waals surface area (Å²) in [6.45, 7) is 3.58. The van der Waals surface area contributed by atoms with Crippen LogP contribution in [-0.2, 0) is 0 Å². The standard InChI is InChI=1S/C13H14N2O2/c1-13(2)12(16)11(15-3)9-6-8(7-14)4-5-10(9)17-13/h4-6,15-16H,1-3H3. The summed E-state index contributed by atoms with van der Waals surface area (Å²) in [4.78, 5) is 0. The van der Waals surface area contributed by atoms with Crippen molar-refractivity contribution in [1.29, 1.82) is 5.26 Å². The summed E-state index contributed by atoms with van der Waals surface area (Å²) in [6, 6.07) is 7.22. The molecule has 1 aromatic carbocycles. The van der Waals surface area contributed by atoms with Crippen molar-refractivity contribution < 1.29 is 9.84 Å². The zero-order valence-electron chi connectivity index (χ0n) is 10.0. The Morgan fingerprint density at radius 2 is 2.12 bits per heavy atom. The van der Waals surface area contributed by atoms with Gasteiger partial charge in [-0.2, -0.15) is 5.26 Å². The minimum Gasteiger partial charge on any atom is -0.506 e. The van der Waals surface area contributed by atoms with Crippen LogP contribution in [0.3, 0.4) is 0 Å². The normalized spacial score (nSPS) is 16.8. The van der Waals surface area contributed by atoms with Crippen molar-refractivity contribution >= 4 is 5.70 Å². The summed E-state index contributed by atoms with van der Waals surface area (Å²) in [7, 11) is 1.73. The molecule has 1 aromatic rings. The Kier molecular flexibility index (Phi) is 2.47. The second-order valence-electron chi connectivity index (χ2n) is 4.41. The summed E-state index contributed by atoms with van der Waals surface area (Å²) in [5.74, 6) is 0.804. The molecular formula is C13H14N2O2. The molecule has 4 heteroatoms. The molecule has 0 unspecified atom stereocenters. The number of hydrogen-bond acceptors (Lipinski definition) is 4. The van der Waals surface area contributed by atoms with Crippen LogP contribution in [0, 0.1) is 11.3 Å². The third-order valence-corrected chi connectivity index (χ3v) is 2.80. The Balaban J connectivity index is 2.67. The lowest BCUT2D eigenvalue weighted by Gasteiger charge is -2.33. The predicted molar refractivity (Wildman–Crippen MR) is 64.5 cm³/mol. The lowest BCUT2D eigenvalue weighted by molar-refractivity contribution is 0.0911. The molecule has 1 aliphatic rings. The minimum absolute atomic E-state index is 0.141. The van der Waals surface area contributed by atoms with Crippen molar-refractivity contribution in [2.24, 2.45) is 0 Å². The molecule has 0 atom stereocenters. The Morgan fingerprint density at radius 1 is 1.41 bits per heavy atom. The first-order valence-corrected chi connectivity index (χ1v) is 5.34. The molecule has 0 aliphatic carbocycles. The number of fused-ring (bicyclic) bond motifs is 1. The van der Waals surface area contributed by atoms with E-state index >= 15 is 0 Å². The second-order valence-corrected chi connectivity index (χ2v) is 4.41. The summed E-state index contributed by atoms with van der Waals surface area (Å²) < 4.78 is 5.71. The first kappa shape index (κ1) is 11.3. The van der Waals surface area contributed by atoms with Gasteiger partial charge in [0.05, 0.1) is 17.3 Å². The fourth-order valence-electron chi connectivity index (χ4n) is 1.89. The molecule has 17 heavy (non-hydrogen) atoms. The van der Waals surface area contributed by atoms with Gasteiger partial charge in [0.2, 0.25) is 0 Å². The third-order valence-electron chi connectivity index (χ3n) is 2.80. The van der Waals surface area contributed by atoms with Crippen molar-refractivity contribution in [2.75, 3.05) is 7.05 Å². The van der Waals surface area contributed by atoms with Gasteiger partial charge in [-0.25, -0.2) is 0 Å². The average molecular weight is 230 g/mol. The fourth-order valence-corrected chi connectivity index (χ4v) is 1.89. The van der Waals surface area contributed by atoms with Crippen LogP contribution in [0.15, 0.2) is 24.0 Å². The number of ether oxygens (including phenoxy) is 1. The molecular weight excluding hydrogens is 216 g/mol. The van der Waals surface area contributed by atoms with Crippen molar-refractivity contribution in [3.63, 3.8) is 0 Å². The van der Waals surface area contributed by atoms with Gasteiger partial charge in [0.1, 0.15) is 5.75 Å². The Bertz CT molecular complexity index is 539. The van der Waals surface area contributed by atoms with Crippen LogP contribution in [-0.4, -0.2) is 17.8 Å². The largest absolute Gasteiger partial charge is 0.506 e. The maximum atomic E-state index is 10.1. The zero-order valence-corrected chi connectivity index (χ0v) is 10.0. The Hall–Kier alpha value is -2.15. The summed E-state index contributed by atoms with van der Waals surface area (Å²) >= 11 is 0. The van der Waals surface area contributed by atoms with Gasteiger partial charge < -0.3 is 15.2 Å². The molecule has 0 saturated carbocycles. The number of benzene rings is 1. The van der Waals surface area contributed by atoms with Gasteiger partial charge in [0.15, 0.2) is 11.4 Å². The molecule has 4 nitrogen and oxygen atoms in total. The van der Waals surface area contributed by atoms with Crippen LogP contribution in [0.5, 0.6) is 5.75 Å². The molecule has 0 radical (unpaired) electrons. The van der Waals surface area contributed by atoms with Gasteiger partial charge in [0.25, 0.3) is 0 Å². The number of nitrogens with one attached hydrogen (secondary N) is 1. The van der Waals surface area contributed by atoms with E-state index in [0.29, 0.717) is 22.6 Å². The van der Waals surface area contributed by atoms with E-state index < -0.39 is 5.60 Å². The van der Waals surface area contributed by atoms with E-state index in [2.05, 4.69) is 11.4 Å². The third kappa shape index (κ3) is 1.70. The SMILES string of the molecule is CNC1=C(O)C(C)(C)Oc2ccc(C#N)cc21. The van der Waals surface area contributed by atoms with E-state index in [9.17, 15) is 5.11 Å². The first-order chi connectivity index (χ1) is 7.99. The predicted octanol–water partition coefficient (Wildman–Crippen LogP) is 2.18. The van der Waals surface area contributed by atoms with Crippen LogP contribution in [0.25, 0.3) is 5.70 Å². The highest BCUT2D eigenvalue weighted by atomic mass is 16.5. The van der Waals surface area contributed by atoms with Gasteiger partial charge in [-0.15, -0.1) is 0 Å². The first-order valence-electron chi connectivity index (χ1n) is 5.34. The molecule has 2 rings (SSSR count). The number of aliphatic hydroxyl groups excluding tert-OH is 1. The molecule has 0 aromatic heterocycles. The van der Waals surface area contributed by atoms with Gasteiger partial charge in [0, 0.05) is 12.6 Å². The maximum Gasteiger partial charge on any atom is 0.162 e. The van der Waals surface area contributed by atoms with Gasteiger partial charge in [-0.1, -0.05) is 0 Å². The van der Waals surface area contributed by atoms with E-state index in [-0.39, 0.29) is 5.76 Å². The number of nitrogens with zero attached hydrogens (tertiary/aromatic N) is 1. The molecule has 0 saturated heterocycles. The van der Waals surface area contributed by atoms with E-state index in [1.54, 1.807) is 39.1 Å². The van der Waals surface area contributed by atoms with E-state index in [1.807, 2.05) is 0 Å². The summed E-state index contributed by atoms with van der Waals surface area (Å²) in [5.41, 5.74) is 1.09. The molecule has 0 bridgehead atoms. The van der Waals surface area contributed by atoms with Crippen molar-refractivity contribution in [3.8, 4) is 11.8 Å². The molecule has 1 aliphatic heterocycles.